The first kappa shape index (κ1) is 14.1. The predicted molar refractivity (Wildman–Crippen MR) is 77.8 cm³/mol. The smallest absolute Gasteiger partial charge is 0.337 e. The molecule has 2 aliphatic rings. The number of hydrogen-bond donors (Lipinski definition) is 1. The largest absolute Gasteiger partial charge is 0.465 e. The van der Waals surface area contributed by atoms with Crippen LogP contribution in [0.3, 0.4) is 0 Å². The average molecular weight is 288 g/mol. The minimum absolute atomic E-state index is 0.133. The van der Waals surface area contributed by atoms with Crippen molar-refractivity contribution in [2.24, 2.45) is 5.92 Å². The van der Waals surface area contributed by atoms with Crippen LogP contribution >= 0.6 is 0 Å². The molecule has 112 valence electrons. The molecule has 1 N–H and O–H groups in total. The number of nitrogens with one attached hydrogen (secondary N) is 1. The van der Waals surface area contributed by atoms with Crippen LogP contribution < -0.4 is 5.32 Å². The van der Waals surface area contributed by atoms with Gasteiger partial charge < -0.3 is 15.0 Å². The molecular weight excluding hydrogens is 268 g/mol. The Hall–Kier alpha value is -1.88. The van der Waals surface area contributed by atoms with E-state index in [1.165, 1.54) is 7.11 Å². The standard InChI is InChI=1S/C16H20N2O3/c1-21-16(20)13-6-2-11(3-7-13)14-10-18(9-8-17-14)15(19)12-4-5-12/h2-3,6-7,12,14,17H,4-5,8-10H2,1H3/t14-/m1/s1. The lowest BCUT2D eigenvalue weighted by atomic mass is 10.0. The van der Waals surface area contributed by atoms with Gasteiger partial charge in [-0.1, -0.05) is 12.1 Å². The molecule has 5 heteroatoms. The lowest BCUT2D eigenvalue weighted by molar-refractivity contribution is -0.133. The summed E-state index contributed by atoms with van der Waals surface area (Å²) in [5.41, 5.74) is 1.64. The summed E-state index contributed by atoms with van der Waals surface area (Å²) in [6, 6.07) is 7.52. The van der Waals surface area contributed by atoms with Crippen LogP contribution in [0.25, 0.3) is 0 Å². The highest BCUT2D eigenvalue weighted by molar-refractivity contribution is 5.89. The zero-order valence-corrected chi connectivity index (χ0v) is 12.2. The summed E-state index contributed by atoms with van der Waals surface area (Å²) in [7, 11) is 1.38. The fourth-order valence-corrected chi connectivity index (χ4v) is 2.73. The number of esters is 1. The van der Waals surface area contributed by atoms with Crippen LogP contribution in [0.15, 0.2) is 24.3 Å². The molecule has 1 atom stereocenters. The van der Waals surface area contributed by atoms with Crippen LogP contribution in [0.5, 0.6) is 0 Å². The van der Waals surface area contributed by atoms with Crippen LogP contribution in [0.2, 0.25) is 0 Å². The van der Waals surface area contributed by atoms with E-state index in [1.54, 1.807) is 12.1 Å². The Balaban J connectivity index is 1.68. The van der Waals surface area contributed by atoms with Gasteiger partial charge in [0.15, 0.2) is 0 Å². The average Bonchev–Trinajstić information content (AvgIpc) is 3.38. The van der Waals surface area contributed by atoms with Gasteiger partial charge in [0.1, 0.15) is 0 Å². The molecule has 3 rings (SSSR count). The molecule has 1 aromatic rings. The fraction of sp³-hybridized carbons (Fsp3) is 0.500. The van der Waals surface area contributed by atoms with E-state index in [2.05, 4.69) is 5.32 Å². The molecule has 1 saturated heterocycles. The third-order valence-corrected chi connectivity index (χ3v) is 4.15. The van der Waals surface area contributed by atoms with E-state index < -0.39 is 0 Å². The van der Waals surface area contributed by atoms with Crippen LogP contribution in [-0.2, 0) is 9.53 Å². The molecule has 5 nitrogen and oxygen atoms in total. The number of nitrogens with zero attached hydrogens (tertiary/aromatic N) is 1. The molecular formula is C16H20N2O3. The first-order valence-electron chi connectivity index (χ1n) is 7.39. The van der Waals surface area contributed by atoms with Gasteiger partial charge in [-0.3, -0.25) is 4.79 Å². The van der Waals surface area contributed by atoms with Crippen LogP contribution in [0, 0.1) is 5.92 Å². The highest BCUT2D eigenvalue weighted by atomic mass is 16.5. The maximum absolute atomic E-state index is 12.2. The lowest BCUT2D eigenvalue weighted by Gasteiger charge is -2.34. The summed E-state index contributed by atoms with van der Waals surface area (Å²) in [6.45, 7) is 2.29. The van der Waals surface area contributed by atoms with Crippen molar-refractivity contribution in [3.05, 3.63) is 35.4 Å². The molecule has 1 aliphatic heterocycles. The fourth-order valence-electron chi connectivity index (χ4n) is 2.73. The van der Waals surface area contributed by atoms with E-state index >= 15 is 0 Å². The molecule has 0 bridgehead atoms. The Kier molecular flexibility index (Phi) is 3.92. The molecule has 21 heavy (non-hydrogen) atoms. The molecule has 0 unspecified atom stereocenters. The molecule has 1 aromatic carbocycles. The maximum Gasteiger partial charge on any atom is 0.337 e. The summed E-state index contributed by atoms with van der Waals surface area (Å²) >= 11 is 0. The zero-order valence-electron chi connectivity index (χ0n) is 12.2. The topological polar surface area (TPSA) is 58.6 Å². The third-order valence-electron chi connectivity index (χ3n) is 4.15. The van der Waals surface area contributed by atoms with Gasteiger partial charge in [-0.05, 0) is 30.5 Å². The second-order valence-electron chi connectivity index (χ2n) is 5.68. The van der Waals surface area contributed by atoms with E-state index in [0.717, 1.165) is 31.5 Å². The normalized spacial score (nSPS) is 22.0. The molecule has 1 amide bonds. The van der Waals surface area contributed by atoms with Crippen molar-refractivity contribution in [2.75, 3.05) is 26.7 Å². The number of rotatable bonds is 3. The molecule has 1 saturated carbocycles. The van der Waals surface area contributed by atoms with Gasteiger partial charge in [0, 0.05) is 31.6 Å². The monoisotopic (exact) mass is 288 g/mol. The van der Waals surface area contributed by atoms with Crippen molar-refractivity contribution in [2.45, 2.75) is 18.9 Å². The van der Waals surface area contributed by atoms with Crippen LogP contribution in [-0.4, -0.2) is 43.5 Å². The summed E-state index contributed by atoms with van der Waals surface area (Å²) in [4.78, 5) is 25.6. The molecule has 1 heterocycles. The SMILES string of the molecule is COC(=O)c1ccc([C@H]2CN(C(=O)C3CC3)CCN2)cc1. The summed E-state index contributed by atoms with van der Waals surface area (Å²) in [6.07, 6.45) is 2.09. The van der Waals surface area contributed by atoms with E-state index in [-0.39, 0.29) is 17.9 Å². The Morgan fingerprint density at radius 2 is 1.95 bits per heavy atom. The molecule has 1 aliphatic carbocycles. The van der Waals surface area contributed by atoms with Gasteiger partial charge in [-0.25, -0.2) is 4.79 Å². The van der Waals surface area contributed by atoms with Crippen LogP contribution in [0.4, 0.5) is 0 Å². The Morgan fingerprint density at radius 3 is 2.57 bits per heavy atom. The minimum atomic E-state index is -0.330. The number of benzene rings is 1. The number of hydrogen-bond acceptors (Lipinski definition) is 4. The van der Waals surface area contributed by atoms with Gasteiger partial charge in [-0.15, -0.1) is 0 Å². The van der Waals surface area contributed by atoms with Crippen molar-refractivity contribution in [1.82, 2.24) is 10.2 Å². The maximum atomic E-state index is 12.2. The van der Waals surface area contributed by atoms with Gasteiger partial charge in [0.2, 0.25) is 5.91 Å². The van der Waals surface area contributed by atoms with Crippen molar-refractivity contribution >= 4 is 11.9 Å². The quantitative estimate of drug-likeness (QED) is 0.853. The van der Waals surface area contributed by atoms with E-state index in [4.69, 9.17) is 4.74 Å². The Labute approximate surface area is 124 Å². The van der Waals surface area contributed by atoms with Gasteiger partial charge in [-0.2, -0.15) is 0 Å². The molecule has 0 radical (unpaired) electrons. The van der Waals surface area contributed by atoms with Crippen molar-refractivity contribution in [3.8, 4) is 0 Å². The number of piperazine rings is 1. The Bertz CT molecular complexity index is 537. The number of methoxy groups -OCH3 is 1. The Morgan fingerprint density at radius 1 is 1.24 bits per heavy atom. The van der Waals surface area contributed by atoms with E-state index in [0.29, 0.717) is 18.0 Å². The highest BCUT2D eigenvalue weighted by Gasteiger charge is 2.35. The highest BCUT2D eigenvalue weighted by Crippen LogP contribution is 2.32. The van der Waals surface area contributed by atoms with Crippen molar-refractivity contribution in [1.29, 1.82) is 0 Å². The number of ether oxygens (including phenoxy) is 1. The van der Waals surface area contributed by atoms with Gasteiger partial charge >= 0.3 is 5.97 Å². The third kappa shape index (κ3) is 3.08. The summed E-state index contributed by atoms with van der Waals surface area (Å²) < 4.78 is 4.70. The zero-order chi connectivity index (χ0) is 14.8. The predicted octanol–water partition coefficient (Wildman–Crippen LogP) is 1.36. The first-order valence-corrected chi connectivity index (χ1v) is 7.39. The first-order chi connectivity index (χ1) is 10.2. The van der Waals surface area contributed by atoms with E-state index in [9.17, 15) is 9.59 Å². The second kappa shape index (κ2) is 5.85. The van der Waals surface area contributed by atoms with Gasteiger partial charge in [0.05, 0.1) is 12.7 Å². The molecule has 2 fully saturated rings. The molecule has 0 spiro atoms. The number of amides is 1. The van der Waals surface area contributed by atoms with Crippen molar-refractivity contribution < 1.29 is 14.3 Å². The lowest BCUT2D eigenvalue weighted by Crippen LogP contribution is -2.48. The minimum Gasteiger partial charge on any atom is -0.465 e. The number of carbonyl (C=O) groups is 2. The second-order valence-corrected chi connectivity index (χ2v) is 5.68. The van der Waals surface area contributed by atoms with Gasteiger partial charge in [0.25, 0.3) is 0 Å². The van der Waals surface area contributed by atoms with E-state index in [1.807, 2.05) is 17.0 Å². The summed E-state index contributed by atoms with van der Waals surface area (Å²) in [5, 5.41) is 3.43. The van der Waals surface area contributed by atoms with Crippen molar-refractivity contribution in [3.63, 3.8) is 0 Å². The number of carbonyl (C=O) groups excluding carboxylic acids is 2. The molecule has 0 aromatic heterocycles. The van der Waals surface area contributed by atoms with Crippen LogP contribution in [0.1, 0.15) is 34.8 Å². The summed E-state index contributed by atoms with van der Waals surface area (Å²) in [5.74, 6) is 0.238.